The fraction of sp³-hybridized carbons (Fsp3) is 0.300. The monoisotopic (exact) mass is 421 g/mol. The van der Waals surface area contributed by atoms with Gasteiger partial charge < -0.3 is 11.1 Å². The van der Waals surface area contributed by atoms with Crippen LogP contribution >= 0.6 is 0 Å². The fourth-order valence-electron chi connectivity index (χ4n) is 2.82. The SMILES string of the molecule is CS(=O)(=O)NC(=O)[C@@H](Cc1ccccc1)NC(=O)C[C@H](N)Cc1ccccc1F. The van der Waals surface area contributed by atoms with E-state index in [-0.39, 0.29) is 19.3 Å². The average molecular weight is 421 g/mol. The molecule has 0 spiro atoms. The molecule has 0 aliphatic heterocycles. The molecule has 0 heterocycles. The quantitative estimate of drug-likeness (QED) is 0.556. The van der Waals surface area contributed by atoms with Gasteiger partial charge in [0.15, 0.2) is 0 Å². The maximum absolute atomic E-state index is 13.7. The highest BCUT2D eigenvalue weighted by atomic mass is 32.2. The Morgan fingerprint density at radius 3 is 2.28 bits per heavy atom. The largest absolute Gasteiger partial charge is 0.344 e. The number of carbonyl (C=O) groups excluding carboxylic acids is 2. The molecule has 2 atom stereocenters. The Morgan fingerprint density at radius 2 is 1.66 bits per heavy atom. The van der Waals surface area contributed by atoms with Crippen LogP contribution < -0.4 is 15.8 Å². The van der Waals surface area contributed by atoms with Crippen molar-refractivity contribution >= 4 is 21.8 Å². The second-order valence-corrected chi connectivity index (χ2v) is 8.56. The number of benzene rings is 2. The van der Waals surface area contributed by atoms with E-state index in [1.807, 2.05) is 4.72 Å². The molecule has 2 amide bonds. The molecule has 0 aliphatic rings. The summed E-state index contributed by atoms with van der Waals surface area (Å²) in [4.78, 5) is 24.7. The number of rotatable bonds is 9. The van der Waals surface area contributed by atoms with Crippen molar-refractivity contribution in [1.29, 1.82) is 0 Å². The van der Waals surface area contributed by atoms with Crippen LogP contribution in [0.25, 0.3) is 0 Å². The maximum Gasteiger partial charge on any atom is 0.256 e. The van der Waals surface area contributed by atoms with E-state index in [1.54, 1.807) is 48.5 Å². The minimum absolute atomic E-state index is 0.108. The Morgan fingerprint density at radius 1 is 1.03 bits per heavy atom. The van der Waals surface area contributed by atoms with E-state index in [0.717, 1.165) is 11.8 Å². The number of nitrogens with two attached hydrogens (primary N) is 1. The van der Waals surface area contributed by atoms with Crippen molar-refractivity contribution in [1.82, 2.24) is 10.0 Å². The van der Waals surface area contributed by atoms with E-state index in [0.29, 0.717) is 5.56 Å². The van der Waals surface area contributed by atoms with Gasteiger partial charge in [-0.25, -0.2) is 12.8 Å². The molecular formula is C20H24FN3O4S. The van der Waals surface area contributed by atoms with Gasteiger partial charge in [0.05, 0.1) is 6.26 Å². The number of halogens is 1. The van der Waals surface area contributed by atoms with Crippen molar-refractivity contribution in [3.63, 3.8) is 0 Å². The van der Waals surface area contributed by atoms with Crippen LogP contribution in [0.2, 0.25) is 0 Å². The van der Waals surface area contributed by atoms with Crippen molar-refractivity contribution in [2.75, 3.05) is 6.26 Å². The summed E-state index contributed by atoms with van der Waals surface area (Å²) in [6.45, 7) is 0. The average Bonchev–Trinajstić information content (AvgIpc) is 2.62. The Balaban J connectivity index is 2.03. The third-order valence-electron chi connectivity index (χ3n) is 4.11. The normalized spacial score (nSPS) is 13.3. The highest BCUT2D eigenvalue weighted by Gasteiger charge is 2.24. The summed E-state index contributed by atoms with van der Waals surface area (Å²) in [7, 11) is -3.78. The van der Waals surface area contributed by atoms with E-state index in [9.17, 15) is 22.4 Å². The highest BCUT2D eigenvalue weighted by Crippen LogP contribution is 2.10. The first-order valence-electron chi connectivity index (χ1n) is 8.98. The van der Waals surface area contributed by atoms with Crippen LogP contribution in [0.5, 0.6) is 0 Å². The number of nitrogens with one attached hydrogen (secondary N) is 2. The lowest BCUT2D eigenvalue weighted by molar-refractivity contribution is -0.128. The predicted molar refractivity (Wildman–Crippen MR) is 108 cm³/mol. The van der Waals surface area contributed by atoms with Gasteiger partial charge in [0, 0.05) is 18.9 Å². The molecule has 2 aromatic rings. The minimum Gasteiger partial charge on any atom is -0.344 e. The van der Waals surface area contributed by atoms with Crippen LogP contribution in [0.1, 0.15) is 17.5 Å². The molecule has 9 heteroatoms. The predicted octanol–water partition coefficient (Wildman–Crippen LogP) is 0.889. The number of sulfonamides is 1. The molecule has 0 aliphatic carbocycles. The molecule has 0 bridgehead atoms. The molecular weight excluding hydrogens is 397 g/mol. The first kappa shape index (κ1) is 22.5. The molecule has 0 fully saturated rings. The van der Waals surface area contributed by atoms with E-state index >= 15 is 0 Å². The number of amides is 2. The van der Waals surface area contributed by atoms with Gasteiger partial charge in [0.2, 0.25) is 15.9 Å². The Hall–Kier alpha value is -2.78. The lowest BCUT2D eigenvalue weighted by atomic mass is 10.0. The second kappa shape index (κ2) is 10.1. The summed E-state index contributed by atoms with van der Waals surface area (Å²) in [6, 6.07) is 13.2. The fourth-order valence-corrected chi connectivity index (χ4v) is 3.33. The number of carbonyl (C=O) groups is 2. The second-order valence-electron chi connectivity index (χ2n) is 6.81. The molecule has 2 aromatic carbocycles. The molecule has 0 saturated carbocycles. The van der Waals surface area contributed by atoms with Crippen LogP contribution in [0.4, 0.5) is 4.39 Å². The van der Waals surface area contributed by atoms with Gasteiger partial charge in [-0.2, -0.15) is 0 Å². The zero-order valence-corrected chi connectivity index (χ0v) is 16.8. The van der Waals surface area contributed by atoms with Crippen molar-refractivity contribution in [3.05, 3.63) is 71.5 Å². The van der Waals surface area contributed by atoms with Gasteiger partial charge in [-0.05, 0) is 23.6 Å². The lowest BCUT2D eigenvalue weighted by Crippen LogP contribution is -2.50. The van der Waals surface area contributed by atoms with E-state index in [2.05, 4.69) is 5.32 Å². The zero-order valence-electron chi connectivity index (χ0n) is 16.0. The number of hydrogen-bond acceptors (Lipinski definition) is 5. The van der Waals surface area contributed by atoms with Crippen LogP contribution in [-0.4, -0.2) is 38.6 Å². The van der Waals surface area contributed by atoms with E-state index in [4.69, 9.17) is 5.73 Å². The molecule has 0 unspecified atom stereocenters. The molecule has 0 aromatic heterocycles. The van der Waals surface area contributed by atoms with Crippen molar-refractivity contribution in [2.45, 2.75) is 31.3 Å². The maximum atomic E-state index is 13.7. The van der Waals surface area contributed by atoms with Crippen molar-refractivity contribution < 1.29 is 22.4 Å². The molecule has 0 radical (unpaired) electrons. The lowest BCUT2D eigenvalue weighted by Gasteiger charge is -2.19. The van der Waals surface area contributed by atoms with Crippen LogP contribution in [-0.2, 0) is 32.5 Å². The third-order valence-corrected chi connectivity index (χ3v) is 4.68. The van der Waals surface area contributed by atoms with Gasteiger partial charge in [0.25, 0.3) is 5.91 Å². The summed E-state index contributed by atoms with van der Waals surface area (Å²) < 4.78 is 38.4. The molecule has 29 heavy (non-hydrogen) atoms. The Labute approximate surface area is 169 Å². The summed E-state index contributed by atoms with van der Waals surface area (Å²) in [5, 5.41) is 2.53. The van der Waals surface area contributed by atoms with Gasteiger partial charge in [-0.15, -0.1) is 0 Å². The Bertz CT molecular complexity index is 951. The molecule has 4 N–H and O–H groups in total. The molecule has 7 nitrogen and oxygen atoms in total. The van der Waals surface area contributed by atoms with Crippen molar-refractivity contribution in [3.8, 4) is 0 Å². The van der Waals surface area contributed by atoms with Crippen LogP contribution in [0, 0.1) is 5.82 Å². The first-order valence-corrected chi connectivity index (χ1v) is 10.9. The van der Waals surface area contributed by atoms with Gasteiger partial charge in [-0.1, -0.05) is 48.5 Å². The van der Waals surface area contributed by atoms with Gasteiger partial charge in [-0.3, -0.25) is 14.3 Å². The molecule has 2 rings (SSSR count). The van der Waals surface area contributed by atoms with Gasteiger partial charge >= 0.3 is 0 Å². The summed E-state index contributed by atoms with van der Waals surface area (Å²) >= 11 is 0. The summed E-state index contributed by atoms with van der Waals surface area (Å²) in [6.07, 6.45) is 0.970. The third kappa shape index (κ3) is 8.00. The highest BCUT2D eigenvalue weighted by molar-refractivity contribution is 7.89. The van der Waals surface area contributed by atoms with Crippen LogP contribution in [0.15, 0.2) is 54.6 Å². The van der Waals surface area contributed by atoms with Crippen LogP contribution in [0.3, 0.4) is 0 Å². The standard InChI is InChI=1S/C20H24FN3O4S/c1-29(27,28)24-20(26)18(11-14-7-3-2-4-8-14)23-19(25)13-16(22)12-15-9-5-6-10-17(15)21/h2-10,16,18H,11-13,22H2,1H3,(H,23,25)(H,24,26)/t16-,18-/m1/s1. The summed E-state index contributed by atoms with van der Waals surface area (Å²) in [5.74, 6) is -1.77. The number of hydrogen-bond donors (Lipinski definition) is 3. The summed E-state index contributed by atoms with van der Waals surface area (Å²) in [5.41, 5.74) is 7.10. The van der Waals surface area contributed by atoms with E-state index in [1.165, 1.54) is 6.07 Å². The van der Waals surface area contributed by atoms with Crippen molar-refractivity contribution in [2.24, 2.45) is 5.73 Å². The first-order chi connectivity index (χ1) is 13.6. The minimum atomic E-state index is -3.78. The topological polar surface area (TPSA) is 118 Å². The smallest absolute Gasteiger partial charge is 0.256 e. The Kier molecular flexibility index (Phi) is 7.86. The zero-order chi connectivity index (χ0) is 21.4. The van der Waals surface area contributed by atoms with Gasteiger partial charge in [0.1, 0.15) is 11.9 Å². The molecule has 156 valence electrons. The van der Waals surface area contributed by atoms with E-state index < -0.39 is 39.7 Å². The molecule has 0 saturated heterocycles.